The molecule has 2 heterocycles. The van der Waals surface area contributed by atoms with E-state index in [-0.39, 0.29) is 11.0 Å². The van der Waals surface area contributed by atoms with Gasteiger partial charge in [-0.25, -0.2) is 0 Å². The van der Waals surface area contributed by atoms with Crippen LogP contribution in [0.4, 0.5) is 11.4 Å². The Morgan fingerprint density at radius 2 is 1.86 bits per heavy atom. The second-order valence-corrected chi connectivity index (χ2v) is 7.93. The number of amides is 1. The summed E-state index contributed by atoms with van der Waals surface area (Å²) in [5.74, 6) is -0.302. The molecule has 0 saturated carbocycles. The van der Waals surface area contributed by atoms with E-state index in [9.17, 15) is 4.79 Å². The number of rotatable bonds is 3. The number of nitrogens with one attached hydrogen (secondary N) is 2. The Kier molecular flexibility index (Phi) is 5.70. The maximum Gasteiger partial charge on any atom is 0.257 e. The van der Waals surface area contributed by atoms with Crippen LogP contribution in [0.15, 0.2) is 36.4 Å². The van der Waals surface area contributed by atoms with Gasteiger partial charge in [0.05, 0.1) is 22.4 Å². The predicted molar refractivity (Wildman–Crippen MR) is 119 cm³/mol. The maximum atomic E-state index is 12.4. The van der Waals surface area contributed by atoms with Crippen molar-refractivity contribution in [3.63, 3.8) is 0 Å². The number of nitrogens with zero attached hydrogens (tertiary/aromatic N) is 3. The summed E-state index contributed by atoms with van der Waals surface area (Å²) in [6.07, 6.45) is 3.65. The first-order valence-electron chi connectivity index (χ1n) is 8.99. The monoisotopic (exact) mass is 431 g/mol. The van der Waals surface area contributed by atoms with Crippen molar-refractivity contribution in [3.8, 4) is 0 Å². The molecule has 1 amide bonds. The smallest absolute Gasteiger partial charge is 0.257 e. The highest BCUT2D eigenvalue weighted by Crippen LogP contribution is 2.30. The van der Waals surface area contributed by atoms with Gasteiger partial charge < -0.3 is 10.2 Å². The predicted octanol–water partition coefficient (Wildman–Crippen LogP) is 4.46. The Hall–Kier alpha value is -2.29. The van der Waals surface area contributed by atoms with E-state index < -0.39 is 0 Å². The number of hydrogen-bond donors (Lipinski definition) is 2. The molecule has 28 heavy (non-hydrogen) atoms. The van der Waals surface area contributed by atoms with Crippen LogP contribution in [-0.2, 0) is 0 Å². The molecule has 2 aromatic carbocycles. The van der Waals surface area contributed by atoms with Crippen molar-refractivity contribution in [1.29, 1.82) is 0 Å². The first-order valence-corrected chi connectivity index (χ1v) is 10.5. The lowest BCUT2D eigenvalue weighted by Crippen LogP contribution is -2.34. The first-order chi connectivity index (χ1) is 13.6. The van der Waals surface area contributed by atoms with Crippen LogP contribution in [0.1, 0.15) is 29.6 Å². The van der Waals surface area contributed by atoms with Crippen molar-refractivity contribution < 1.29 is 4.79 Å². The molecule has 4 rings (SSSR count). The highest BCUT2D eigenvalue weighted by molar-refractivity contribution is 7.80. The van der Waals surface area contributed by atoms with Gasteiger partial charge in [0.25, 0.3) is 5.91 Å². The Morgan fingerprint density at radius 3 is 2.64 bits per heavy atom. The third kappa shape index (κ3) is 4.24. The molecule has 0 atom stereocenters. The molecule has 9 heteroatoms. The number of fused-ring (bicyclic) bond motifs is 1. The highest BCUT2D eigenvalue weighted by atomic mass is 35.5. The summed E-state index contributed by atoms with van der Waals surface area (Å²) in [7, 11) is 0. The summed E-state index contributed by atoms with van der Waals surface area (Å²) in [6, 6.07) is 10.9. The number of carbonyl (C=O) groups excluding carboxylic acids is 1. The molecule has 0 unspecified atom stereocenters. The minimum atomic E-state index is -0.302. The van der Waals surface area contributed by atoms with Gasteiger partial charge in [0.2, 0.25) is 0 Å². The summed E-state index contributed by atoms with van der Waals surface area (Å²) in [5.41, 5.74) is 3.70. The van der Waals surface area contributed by atoms with Gasteiger partial charge in [-0.3, -0.25) is 10.1 Å². The Morgan fingerprint density at radius 1 is 1.07 bits per heavy atom. The van der Waals surface area contributed by atoms with Gasteiger partial charge in [-0.05, 0) is 67.9 Å². The minimum Gasteiger partial charge on any atom is -0.370 e. The topological polar surface area (TPSA) is 70.2 Å². The molecule has 1 aliphatic heterocycles. The average Bonchev–Trinajstić information content (AvgIpc) is 3.16. The van der Waals surface area contributed by atoms with Crippen LogP contribution in [0.5, 0.6) is 0 Å². The van der Waals surface area contributed by atoms with Crippen molar-refractivity contribution in [2.75, 3.05) is 23.3 Å². The maximum absolute atomic E-state index is 12.4. The van der Waals surface area contributed by atoms with Crippen molar-refractivity contribution in [2.45, 2.75) is 19.3 Å². The lowest BCUT2D eigenvalue weighted by molar-refractivity contribution is 0.0978. The molecule has 0 spiro atoms. The first kappa shape index (κ1) is 19.0. The SMILES string of the molecule is O=C(NC(=S)Nc1ccc(N2CCCCC2)c(Cl)c1)c1ccc2nsnc2c1. The number of hydrogen-bond acceptors (Lipinski definition) is 6. The van der Waals surface area contributed by atoms with Gasteiger partial charge in [0.1, 0.15) is 11.0 Å². The molecule has 1 saturated heterocycles. The summed E-state index contributed by atoms with van der Waals surface area (Å²) in [5, 5.41) is 6.58. The van der Waals surface area contributed by atoms with Crippen LogP contribution in [0.2, 0.25) is 5.02 Å². The number of piperidine rings is 1. The van der Waals surface area contributed by atoms with Gasteiger partial charge in [-0.2, -0.15) is 8.75 Å². The minimum absolute atomic E-state index is 0.211. The molecule has 0 bridgehead atoms. The van der Waals surface area contributed by atoms with Gasteiger partial charge in [-0.1, -0.05) is 11.6 Å². The lowest BCUT2D eigenvalue weighted by Gasteiger charge is -2.29. The summed E-state index contributed by atoms with van der Waals surface area (Å²) < 4.78 is 8.28. The standard InChI is InChI=1S/C19H18ClN5OS2/c20-14-11-13(5-7-17(14)25-8-2-1-3-9-25)21-19(27)22-18(26)12-4-6-15-16(10-12)24-28-23-15/h4-7,10-11H,1-3,8-9H2,(H2,21,22,26,27). The molecule has 1 aromatic heterocycles. The summed E-state index contributed by atoms with van der Waals surface area (Å²) >= 11 is 12.9. The molecule has 6 nitrogen and oxygen atoms in total. The van der Waals surface area contributed by atoms with E-state index in [4.69, 9.17) is 23.8 Å². The molecule has 144 valence electrons. The van der Waals surface area contributed by atoms with E-state index in [0.717, 1.165) is 41.7 Å². The Bertz CT molecular complexity index is 1030. The van der Waals surface area contributed by atoms with Gasteiger partial charge in [0.15, 0.2) is 5.11 Å². The van der Waals surface area contributed by atoms with Crippen LogP contribution < -0.4 is 15.5 Å². The molecule has 2 N–H and O–H groups in total. The van der Waals surface area contributed by atoms with Crippen LogP contribution in [0.25, 0.3) is 11.0 Å². The number of aromatic nitrogens is 2. The van der Waals surface area contributed by atoms with Crippen molar-refractivity contribution in [3.05, 3.63) is 47.0 Å². The Balaban J connectivity index is 1.40. The number of halogens is 1. The quantitative estimate of drug-likeness (QED) is 0.596. The zero-order valence-corrected chi connectivity index (χ0v) is 17.3. The fourth-order valence-electron chi connectivity index (χ4n) is 3.24. The van der Waals surface area contributed by atoms with E-state index >= 15 is 0 Å². The molecular formula is C19H18ClN5OS2. The van der Waals surface area contributed by atoms with Crippen molar-refractivity contribution >= 4 is 69.0 Å². The molecular weight excluding hydrogens is 414 g/mol. The summed E-state index contributed by atoms with van der Waals surface area (Å²) in [4.78, 5) is 14.7. The molecule has 1 fully saturated rings. The second kappa shape index (κ2) is 8.38. The molecule has 0 radical (unpaired) electrons. The van der Waals surface area contributed by atoms with E-state index in [1.165, 1.54) is 19.3 Å². The lowest BCUT2D eigenvalue weighted by atomic mass is 10.1. The normalized spacial score (nSPS) is 14.1. The number of carbonyl (C=O) groups is 1. The Labute approximate surface area is 177 Å². The molecule has 3 aromatic rings. The van der Waals surface area contributed by atoms with Crippen molar-refractivity contribution in [1.82, 2.24) is 14.1 Å². The van der Waals surface area contributed by atoms with E-state index in [0.29, 0.717) is 16.1 Å². The van der Waals surface area contributed by atoms with Crippen LogP contribution in [0.3, 0.4) is 0 Å². The zero-order chi connectivity index (χ0) is 19.5. The second-order valence-electron chi connectivity index (χ2n) is 6.59. The fraction of sp³-hybridized carbons (Fsp3) is 0.263. The number of anilines is 2. The van der Waals surface area contributed by atoms with E-state index in [1.807, 2.05) is 18.2 Å². The van der Waals surface area contributed by atoms with Crippen LogP contribution >= 0.6 is 35.5 Å². The van der Waals surface area contributed by atoms with Crippen LogP contribution in [0, 0.1) is 0 Å². The third-order valence-electron chi connectivity index (χ3n) is 4.65. The largest absolute Gasteiger partial charge is 0.370 e. The van der Waals surface area contributed by atoms with Crippen LogP contribution in [-0.4, -0.2) is 32.9 Å². The van der Waals surface area contributed by atoms with Crippen molar-refractivity contribution in [2.24, 2.45) is 0 Å². The molecule has 1 aliphatic rings. The average molecular weight is 432 g/mol. The zero-order valence-electron chi connectivity index (χ0n) is 14.9. The van der Waals surface area contributed by atoms with Gasteiger partial charge in [-0.15, -0.1) is 0 Å². The van der Waals surface area contributed by atoms with Gasteiger partial charge >= 0.3 is 0 Å². The summed E-state index contributed by atoms with van der Waals surface area (Å²) in [6.45, 7) is 2.06. The highest BCUT2D eigenvalue weighted by Gasteiger charge is 2.15. The number of thiocarbonyl (C=S) groups is 1. The number of benzene rings is 2. The third-order valence-corrected chi connectivity index (χ3v) is 5.71. The molecule has 0 aliphatic carbocycles. The van der Waals surface area contributed by atoms with Gasteiger partial charge in [0, 0.05) is 24.3 Å². The van der Waals surface area contributed by atoms with E-state index in [1.54, 1.807) is 18.2 Å². The fourth-order valence-corrected chi connectivity index (χ4v) is 4.26. The van der Waals surface area contributed by atoms with E-state index in [2.05, 4.69) is 24.3 Å².